The van der Waals surface area contributed by atoms with Crippen LogP contribution < -0.4 is 14.9 Å². The van der Waals surface area contributed by atoms with Crippen LogP contribution in [0.3, 0.4) is 0 Å². The molecule has 0 aromatic heterocycles. The van der Waals surface area contributed by atoms with E-state index in [0.29, 0.717) is 24.5 Å². The molecular formula is C24H31BrN2O3. The molecule has 2 rings (SSSR count). The summed E-state index contributed by atoms with van der Waals surface area (Å²) in [4.78, 5) is 12.1. The van der Waals surface area contributed by atoms with Crippen molar-refractivity contribution in [2.45, 2.75) is 52.4 Å². The predicted octanol–water partition coefficient (Wildman–Crippen LogP) is 6.35. The van der Waals surface area contributed by atoms with Crippen LogP contribution in [-0.2, 0) is 0 Å². The quantitative estimate of drug-likeness (QED) is 0.209. The summed E-state index contributed by atoms with van der Waals surface area (Å²) in [5.41, 5.74) is 3.90. The highest BCUT2D eigenvalue weighted by Crippen LogP contribution is 2.28. The van der Waals surface area contributed by atoms with Crippen LogP contribution in [0.5, 0.6) is 11.5 Å². The Morgan fingerprint density at radius 2 is 1.70 bits per heavy atom. The molecule has 2 aromatic rings. The summed E-state index contributed by atoms with van der Waals surface area (Å²) < 4.78 is 12.6. The normalized spacial score (nSPS) is 10.9. The minimum absolute atomic E-state index is 0.261. The van der Waals surface area contributed by atoms with Gasteiger partial charge in [-0.1, -0.05) is 55.0 Å². The standard InChI is InChI=1S/C24H31BrN2O3/c1-3-5-6-7-8-9-16-30-22-15-10-19(17-23(22)29-4-2)18-26-27-24(28)20-11-13-21(25)14-12-20/h10-15,17-18H,3-9,16H2,1-2H3,(H,27,28)/b26-18+. The summed E-state index contributed by atoms with van der Waals surface area (Å²) in [5, 5.41) is 4.05. The highest BCUT2D eigenvalue weighted by atomic mass is 79.9. The van der Waals surface area contributed by atoms with Gasteiger partial charge in [0, 0.05) is 10.0 Å². The smallest absolute Gasteiger partial charge is 0.271 e. The Hall–Kier alpha value is -2.34. The van der Waals surface area contributed by atoms with Crippen LogP contribution in [0.1, 0.15) is 68.3 Å². The molecule has 0 aliphatic rings. The molecule has 0 saturated heterocycles. The lowest BCUT2D eigenvalue weighted by Gasteiger charge is -2.12. The van der Waals surface area contributed by atoms with E-state index in [2.05, 4.69) is 33.4 Å². The van der Waals surface area contributed by atoms with Gasteiger partial charge in [0.05, 0.1) is 19.4 Å². The molecule has 0 aliphatic carbocycles. The van der Waals surface area contributed by atoms with Gasteiger partial charge in [0.2, 0.25) is 0 Å². The lowest BCUT2D eigenvalue weighted by Crippen LogP contribution is -2.17. The summed E-state index contributed by atoms with van der Waals surface area (Å²) in [6, 6.07) is 12.8. The molecular weight excluding hydrogens is 444 g/mol. The third kappa shape index (κ3) is 8.57. The number of nitrogens with zero attached hydrogens (tertiary/aromatic N) is 1. The summed E-state index contributed by atoms with van der Waals surface area (Å²) in [6.07, 6.45) is 8.95. The van der Waals surface area contributed by atoms with E-state index in [9.17, 15) is 4.79 Å². The zero-order chi connectivity index (χ0) is 21.6. The van der Waals surface area contributed by atoms with Gasteiger partial charge in [0.1, 0.15) is 0 Å². The van der Waals surface area contributed by atoms with E-state index < -0.39 is 0 Å². The van der Waals surface area contributed by atoms with E-state index >= 15 is 0 Å². The molecule has 0 unspecified atom stereocenters. The average molecular weight is 475 g/mol. The van der Waals surface area contributed by atoms with Crippen molar-refractivity contribution in [3.8, 4) is 11.5 Å². The molecule has 0 heterocycles. The van der Waals surface area contributed by atoms with Crippen molar-refractivity contribution < 1.29 is 14.3 Å². The SMILES string of the molecule is CCCCCCCCOc1ccc(/C=N/NC(=O)c2ccc(Br)cc2)cc1OCC. The number of hydrogen-bond acceptors (Lipinski definition) is 4. The fourth-order valence-electron chi connectivity index (χ4n) is 2.89. The Bertz CT molecular complexity index is 807. The van der Waals surface area contributed by atoms with Gasteiger partial charge < -0.3 is 9.47 Å². The average Bonchev–Trinajstić information content (AvgIpc) is 2.75. The van der Waals surface area contributed by atoms with Crippen LogP contribution in [0.15, 0.2) is 52.0 Å². The zero-order valence-corrected chi connectivity index (χ0v) is 19.4. The summed E-state index contributed by atoms with van der Waals surface area (Å²) >= 11 is 3.35. The van der Waals surface area contributed by atoms with Crippen molar-refractivity contribution in [3.63, 3.8) is 0 Å². The molecule has 1 amide bonds. The Morgan fingerprint density at radius 1 is 0.967 bits per heavy atom. The van der Waals surface area contributed by atoms with Crippen LogP contribution in [-0.4, -0.2) is 25.3 Å². The second kappa shape index (κ2) is 13.8. The van der Waals surface area contributed by atoms with Crippen LogP contribution >= 0.6 is 15.9 Å². The Balaban J connectivity index is 1.87. The van der Waals surface area contributed by atoms with Crippen molar-refractivity contribution >= 4 is 28.1 Å². The Kier molecular flexibility index (Phi) is 11.0. The number of carbonyl (C=O) groups is 1. The topological polar surface area (TPSA) is 59.9 Å². The largest absolute Gasteiger partial charge is 0.490 e. The summed E-state index contributed by atoms with van der Waals surface area (Å²) in [5.74, 6) is 1.16. The number of rotatable bonds is 13. The summed E-state index contributed by atoms with van der Waals surface area (Å²) in [6.45, 7) is 5.40. The molecule has 1 N–H and O–H groups in total. The minimum atomic E-state index is -0.261. The first kappa shape index (κ1) is 23.9. The number of halogens is 1. The van der Waals surface area contributed by atoms with E-state index in [4.69, 9.17) is 9.47 Å². The van der Waals surface area contributed by atoms with Gasteiger partial charge in [-0.2, -0.15) is 5.10 Å². The molecule has 0 bridgehead atoms. The molecule has 30 heavy (non-hydrogen) atoms. The van der Waals surface area contributed by atoms with E-state index in [1.807, 2.05) is 37.3 Å². The highest BCUT2D eigenvalue weighted by molar-refractivity contribution is 9.10. The number of amides is 1. The second-order valence-electron chi connectivity index (χ2n) is 6.96. The molecule has 0 radical (unpaired) electrons. The van der Waals surface area contributed by atoms with Gasteiger partial charge in [-0.3, -0.25) is 4.79 Å². The summed E-state index contributed by atoms with van der Waals surface area (Å²) in [7, 11) is 0. The van der Waals surface area contributed by atoms with Gasteiger partial charge in [-0.05, 0) is 61.4 Å². The van der Waals surface area contributed by atoms with E-state index in [-0.39, 0.29) is 5.91 Å². The van der Waals surface area contributed by atoms with Crippen LogP contribution in [0.2, 0.25) is 0 Å². The van der Waals surface area contributed by atoms with Crippen molar-refractivity contribution in [1.29, 1.82) is 0 Å². The molecule has 5 nitrogen and oxygen atoms in total. The third-order valence-electron chi connectivity index (χ3n) is 4.51. The van der Waals surface area contributed by atoms with Gasteiger partial charge >= 0.3 is 0 Å². The monoisotopic (exact) mass is 474 g/mol. The van der Waals surface area contributed by atoms with Gasteiger partial charge in [0.25, 0.3) is 5.91 Å². The van der Waals surface area contributed by atoms with Gasteiger partial charge in [-0.25, -0.2) is 5.43 Å². The number of unbranched alkanes of at least 4 members (excludes halogenated alkanes) is 5. The number of benzene rings is 2. The Labute approximate surface area is 188 Å². The molecule has 0 aliphatic heterocycles. The maximum atomic E-state index is 12.1. The second-order valence-corrected chi connectivity index (χ2v) is 7.88. The minimum Gasteiger partial charge on any atom is -0.490 e. The van der Waals surface area contributed by atoms with Crippen molar-refractivity contribution in [2.24, 2.45) is 5.10 Å². The third-order valence-corrected chi connectivity index (χ3v) is 5.04. The van der Waals surface area contributed by atoms with Crippen LogP contribution in [0.25, 0.3) is 0 Å². The molecule has 162 valence electrons. The van der Waals surface area contributed by atoms with Gasteiger partial charge in [-0.15, -0.1) is 0 Å². The van der Waals surface area contributed by atoms with Crippen LogP contribution in [0, 0.1) is 0 Å². The molecule has 2 aromatic carbocycles. The zero-order valence-electron chi connectivity index (χ0n) is 17.8. The predicted molar refractivity (Wildman–Crippen MR) is 126 cm³/mol. The molecule has 0 fully saturated rings. The van der Waals surface area contributed by atoms with Crippen molar-refractivity contribution in [1.82, 2.24) is 5.43 Å². The van der Waals surface area contributed by atoms with Crippen molar-refractivity contribution in [3.05, 3.63) is 58.1 Å². The lowest BCUT2D eigenvalue weighted by molar-refractivity contribution is 0.0955. The van der Waals surface area contributed by atoms with E-state index in [1.165, 1.54) is 32.1 Å². The maximum Gasteiger partial charge on any atom is 0.271 e. The number of carbonyl (C=O) groups excluding carboxylic acids is 1. The fourth-order valence-corrected chi connectivity index (χ4v) is 3.15. The van der Waals surface area contributed by atoms with E-state index in [1.54, 1.807) is 18.3 Å². The number of hydrogen-bond donors (Lipinski definition) is 1. The van der Waals surface area contributed by atoms with Gasteiger partial charge in [0.15, 0.2) is 11.5 Å². The van der Waals surface area contributed by atoms with E-state index in [0.717, 1.165) is 22.2 Å². The molecule has 0 spiro atoms. The maximum absolute atomic E-state index is 12.1. The number of nitrogens with one attached hydrogen (secondary N) is 1. The first-order chi connectivity index (χ1) is 14.6. The first-order valence-electron chi connectivity index (χ1n) is 10.6. The van der Waals surface area contributed by atoms with Crippen molar-refractivity contribution in [2.75, 3.05) is 13.2 Å². The Morgan fingerprint density at radius 3 is 2.43 bits per heavy atom. The lowest BCUT2D eigenvalue weighted by atomic mass is 10.1. The van der Waals surface area contributed by atoms with Crippen LogP contribution in [0.4, 0.5) is 0 Å². The highest BCUT2D eigenvalue weighted by Gasteiger charge is 2.07. The number of hydrazone groups is 1. The number of ether oxygens (including phenoxy) is 2. The first-order valence-corrected chi connectivity index (χ1v) is 11.4. The molecule has 6 heteroatoms. The fraction of sp³-hybridized carbons (Fsp3) is 0.417. The molecule has 0 atom stereocenters. The molecule has 0 saturated carbocycles.